The number of carbonyl (C=O) groups is 1. The summed E-state index contributed by atoms with van der Waals surface area (Å²) in [6, 6.07) is 0. The smallest absolute Gasteiger partial charge is 0.306 e. The molecule has 2 saturated heterocycles. The van der Waals surface area contributed by atoms with Crippen molar-refractivity contribution in [3.8, 4) is 0 Å². The second-order valence-electron chi connectivity index (χ2n) is 6.68. The molecule has 4 N–H and O–H groups in total. The summed E-state index contributed by atoms with van der Waals surface area (Å²) in [5, 5.41) is 16.8. The second kappa shape index (κ2) is 7.49. The molecule has 2 heterocycles. The lowest BCUT2D eigenvalue weighted by atomic mass is 9.80. The van der Waals surface area contributed by atoms with Gasteiger partial charge in [0, 0.05) is 5.92 Å². The fraction of sp³-hybridized carbons (Fsp3) is 0.933. The van der Waals surface area contributed by atoms with E-state index in [9.17, 15) is 9.90 Å². The SMILES string of the molecule is CSC1NCCCC1C1NC(C2CCCC(C(=O)O)C2)NO1. The van der Waals surface area contributed by atoms with E-state index in [1.807, 2.05) is 11.8 Å². The zero-order valence-corrected chi connectivity index (χ0v) is 13.9. The van der Waals surface area contributed by atoms with E-state index >= 15 is 0 Å². The van der Waals surface area contributed by atoms with Crippen LogP contribution in [0.1, 0.15) is 38.5 Å². The van der Waals surface area contributed by atoms with Gasteiger partial charge in [-0.15, -0.1) is 11.8 Å². The Morgan fingerprint density at radius 3 is 2.91 bits per heavy atom. The summed E-state index contributed by atoms with van der Waals surface area (Å²) in [6.45, 7) is 1.08. The van der Waals surface area contributed by atoms with Crippen LogP contribution in [0.5, 0.6) is 0 Å². The highest BCUT2D eigenvalue weighted by molar-refractivity contribution is 7.99. The van der Waals surface area contributed by atoms with Crippen LogP contribution in [0.15, 0.2) is 0 Å². The molecule has 0 radical (unpaired) electrons. The number of aliphatic carboxylic acids is 1. The Hall–Kier alpha value is -0.340. The largest absolute Gasteiger partial charge is 0.481 e. The fourth-order valence-electron chi connectivity index (χ4n) is 4.04. The molecule has 0 aromatic carbocycles. The van der Waals surface area contributed by atoms with Gasteiger partial charge in [-0.3, -0.25) is 14.9 Å². The van der Waals surface area contributed by atoms with Crippen LogP contribution in [0.4, 0.5) is 0 Å². The fourth-order valence-corrected chi connectivity index (χ4v) is 4.96. The van der Waals surface area contributed by atoms with E-state index in [-0.39, 0.29) is 18.3 Å². The molecule has 6 nitrogen and oxygen atoms in total. The molecule has 126 valence electrons. The molecule has 3 fully saturated rings. The average Bonchev–Trinajstić information content (AvgIpc) is 3.04. The molecule has 22 heavy (non-hydrogen) atoms. The van der Waals surface area contributed by atoms with Gasteiger partial charge >= 0.3 is 5.97 Å². The Balaban J connectivity index is 1.56. The van der Waals surface area contributed by atoms with Gasteiger partial charge in [0.05, 0.1) is 17.5 Å². The first kappa shape index (κ1) is 16.5. The summed E-state index contributed by atoms with van der Waals surface area (Å²) < 4.78 is 0. The zero-order valence-electron chi connectivity index (χ0n) is 13.1. The number of carboxylic acids is 1. The number of rotatable bonds is 4. The Morgan fingerprint density at radius 1 is 1.27 bits per heavy atom. The number of hydrogen-bond acceptors (Lipinski definition) is 6. The van der Waals surface area contributed by atoms with Crippen molar-refractivity contribution in [2.75, 3.05) is 12.8 Å². The Morgan fingerprint density at radius 2 is 2.14 bits per heavy atom. The molecule has 3 rings (SSSR count). The summed E-state index contributed by atoms with van der Waals surface area (Å²) in [4.78, 5) is 17.0. The molecular weight excluding hydrogens is 302 g/mol. The minimum Gasteiger partial charge on any atom is -0.481 e. The summed E-state index contributed by atoms with van der Waals surface area (Å²) in [5.41, 5.74) is 3.14. The lowest BCUT2D eigenvalue weighted by molar-refractivity contribution is -0.143. The highest BCUT2D eigenvalue weighted by Crippen LogP contribution is 2.34. The van der Waals surface area contributed by atoms with Crippen LogP contribution in [-0.2, 0) is 9.63 Å². The number of thioether (sulfide) groups is 1. The maximum Gasteiger partial charge on any atom is 0.306 e. The van der Waals surface area contributed by atoms with E-state index in [1.165, 1.54) is 6.42 Å². The molecule has 3 aliphatic rings. The van der Waals surface area contributed by atoms with Gasteiger partial charge in [0.1, 0.15) is 6.23 Å². The van der Waals surface area contributed by atoms with Gasteiger partial charge in [0.25, 0.3) is 0 Å². The summed E-state index contributed by atoms with van der Waals surface area (Å²) in [7, 11) is 0. The normalized spacial score (nSPS) is 43.1. The second-order valence-corrected chi connectivity index (χ2v) is 7.66. The lowest BCUT2D eigenvalue weighted by Crippen LogP contribution is -2.50. The van der Waals surface area contributed by atoms with Crippen LogP contribution in [0.25, 0.3) is 0 Å². The maximum atomic E-state index is 11.2. The first-order valence-corrected chi connectivity index (χ1v) is 9.64. The van der Waals surface area contributed by atoms with Crippen molar-refractivity contribution in [2.45, 2.75) is 56.3 Å². The van der Waals surface area contributed by atoms with Crippen molar-refractivity contribution in [1.29, 1.82) is 0 Å². The van der Waals surface area contributed by atoms with Gasteiger partial charge < -0.3 is 10.4 Å². The molecule has 0 bridgehead atoms. The molecule has 0 amide bonds. The predicted octanol–water partition coefficient (Wildman–Crippen LogP) is 1.34. The minimum absolute atomic E-state index is 0.0143. The first-order valence-electron chi connectivity index (χ1n) is 8.35. The third-order valence-corrected chi connectivity index (χ3v) is 6.32. The van der Waals surface area contributed by atoms with Crippen molar-refractivity contribution in [3.05, 3.63) is 0 Å². The molecule has 0 aromatic rings. The third kappa shape index (κ3) is 3.59. The van der Waals surface area contributed by atoms with Crippen LogP contribution < -0.4 is 16.1 Å². The van der Waals surface area contributed by atoms with E-state index < -0.39 is 5.97 Å². The summed E-state index contributed by atoms with van der Waals surface area (Å²) in [5.74, 6) is -0.0694. The van der Waals surface area contributed by atoms with E-state index in [2.05, 4.69) is 22.4 Å². The molecule has 0 aromatic heterocycles. The van der Waals surface area contributed by atoms with E-state index in [0.717, 1.165) is 38.6 Å². The van der Waals surface area contributed by atoms with Gasteiger partial charge in [-0.25, -0.2) is 0 Å². The molecule has 7 heteroatoms. The monoisotopic (exact) mass is 329 g/mol. The first-order chi connectivity index (χ1) is 10.7. The molecule has 0 spiro atoms. The molecular formula is C15H27N3O3S. The molecule has 6 atom stereocenters. The zero-order chi connectivity index (χ0) is 15.5. The Kier molecular flexibility index (Phi) is 5.62. The van der Waals surface area contributed by atoms with Crippen LogP contribution in [0.2, 0.25) is 0 Å². The lowest BCUT2D eigenvalue weighted by Gasteiger charge is -2.35. The van der Waals surface area contributed by atoms with Gasteiger partial charge in [0.15, 0.2) is 0 Å². The van der Waals surface area contributed by atoms with Gasteiger partial charge in [-0.1, -0.05) is 6.42 Å². The van der Waals surface area contributed by atoms with Gasteiger partial charge in [0.2, 0.25) is 0 Å². The van der Waals surface area contributed by atoms with Crippen LogP contribution in [-0.4, -0.2) is 41.6 Å². The predicted molar refractivity (Wildman–Crippen MR) is 86.0 cm³/mol. The van der Waals surface area contributed by atoms with Crippen molar-refractivity contribution >= 4 is 17.7 Å². The van der Waals surface area contributed by atoms with Crippen molar-refractivity contribution in [1.82, 2.24) is 16.1 Å². The van der Waals surface area contributed by atoms with Crippen molar-refractivity contribution < 1.29 is 14.7 Å². The van der Waals surface area contributed by atoms with Gasteiger partial charge in [-0.05, 0) is 50.8 Å². The Labute approximate surface area is 136 Å². The third-order valence-electron chi connectivity index (χ3n) is 5.29. The molecule has 1 saturated carbocycles. The topological polar surface area (TPSA) is 82.6 Å². The van der Waals surface area contributed by atoms with Crippen molar-refractivity contribution in [2.24, 2.45) is 17.8 Å². The van der Waals surface area contributed by atoms with Crippen LogP contribution in [0, 0.1) is 17.8 Å². The van der Waals surface area contributed by atoms with E-state index in [4.69, 9.17) is 4.84 Å². The van der Waals surface area contributed by atoms with Crippen LogP contribution >= 0.6 is 11.8 Å². The molecule has 1 aliphatic carbocycles. The minimum atomic E-state index is -0.654. The highest BCUT2D eigenvalue weighted by atomic mass is 32.2. The number of hydroxylamine groups is 1. The number of hydrogen-bond donors (Lipinski definition) is 4. The summed E-state index contributed by atoms with van der Waals surface area (Å²) >= 11 is 1.85. The Bertz CT molecular complexity index is 398. The highest BCUT2D eigenvalue weighted by Gasteiger charge is 2.41. The summed E-state index contributed by atoms with van der Waals surface area (Å²) in [6.07, 6.45) is 8.18. The van der Waals surface area contributed by atoms with Gasteiger partial charge in [-0.2, -0.15) is 5.48 Å². The quantitative estimate of drug-likeness (QED) is 0.619. The average molecular weight is 329 g/mol. The number of nitrogens with one attached hydrogen (secondary N) is 3. The standard InChI is InChI=1S/C15H27N3O3S/c1-22-14-11(6-3-7-16-14)13-17-12(18-21-13)9-4-2-5-10(8-9)15(19)20/h9-14,16-18H,2-8H2,1H3,(H,19,20). The van der Waals surface area contributed by atoms with Crippen molar-refractivity contribution in [3.63, 3.8) is 0 Å². The van der Waals surface area contributed by atoms with Crippen LogP contribution in [0.3, 0.4) is 0 Å². The van der Waals surface area contributed by atoms with E-state index in [0.29, 0.717) is 17.2 Å². The molecule has 2 aliphatic heterocycles. The molecule has 6 unspecified atom stereocenters. The maximum absolute atomic E-state index is 11.2. The number of piperidine rings is 1. The number of carboxylic acid groups (broad SMARTS) is 1. The van der Waals surface area contributed by atoms with E-state index in [1.54, 1.807) is 0 Å².